The summed E-state index contributed by atoms with van der Waals surface area (Å²) in [6.45, 7) is 7.08. The van der Waals surface area contributed by atoms with E-state index in [0.29, 0.717) is 38.5 Å². The molecule has 0 radical (unpaired) electrons. The number of aliphatic hydroxyl groups is 4. The summed E-state index contributed by atoms with van der Waals surface area (Å²) in [7, 11) is 0. The summed E-state index contributed by atoms with van der Waals surface area (Å²) >= 11 is 0. The highest BCUT2D eigenvalue weighted by molar-refractivity contribution is 5.24. The van der Waals surface area contributed by atoms with Crippen LogP contribution in [0.4, 0.5) is 0 Å². The fourth-order valence-corrected chi connectivity index (χ4v) is 5.83. The van der Waals surface area contributed by atoms with E-state index in [4.69, 9.17) is 0 Å². The van der Waals surface area contributed by atoms with Gasteiger partial charge in [0, 0.05) is 17.3 Å². The zero-order chi connectivity index (χ0) is 15.2. The standard InChI is InChI=1S/C16H28O4/c1-11(2,17)13-5-14(12(3,4)18)8-15(19,6-13)10-16(20,7-13)9-14/h17-20H,5-10H2,1-4H3. The molecule has 0 aromatic heterocycles. The second-order valence-electron chi connectivity index (χ2n) is 9.19. The monoisotopic (exact) mass is 284 g/mol. The van der Waals surface area contributed by atoms with Gasteiger partial charge in [-0.3, -0.25) is 0 Å². The van der Waals surface area contributed by atoms with Gasteiger partial charge in [0.25, 0.3) is 0 Å². The van der Waals surface area contributed by atoms with Crippen LogP contribution in [0.3, 0.4) is 0 Å². The smallest absolute Gasteiger partial charge is 0.0687 e. The first kappa shape index (κ1) is 14.8. The third kappa shape index (κ3) is 1.75. The molecule has 4 aliphatic carbocycles. The Balaban J connectivity index is 2.16. The average Bonchev–Trinajstić information content (AvgIpc) is 2.06. The Hall–Kier alpha value is -0.160. The first-order valence-electron chi connectivity index (χ1n) is 7.64. The van der Waals surface area contributed by atoms with Gasteiger partial charge < -0.3 is 20.4 Å². The Bertz CT molecular complexity index is 388. The van der Waals surface area contributed by atoms with Crippen molar-refractivity contribution in [2.75, 3.05) is 0 Å². The minimum absolute atomic E-state index is 0.371. The van der Waals surface area contributed by atoms with Gasteiger partial charge in [-0.05, 0) is 59.8 Å². The molecule has 0 atom stereocenters. The summed E-state index contributed by atoms with van der Waals surface area (Å²) in [6, 6.07) is 0. The Morgan fingerprint density at radius 3 is 1.15 bits per heavy atom. The van der Waals surface area contributed by atoms with E-state index in [2.05, 4.69) is 0 Å². The summed E-state index contributed by atoms with van der Waals surface area (Å²) < 4.78 is 0. The minimum atomic E-state index is -0.979. The van der Waals surface area contributed by atoms with E-state index in [1.807, 2.05) is 0 Å². The van der Waals surface area contributed by atoms with Crippen LogP contribution in [0, 0.1) is 10.8 Å². The van der Waals surface area contributed by atoms with Crippen molar-refractivity contribution in [3.63, 3.8) is 0 Å². The van der Waals surface area contributed by atoms with Crippen LogP contribution in [-0.2, 0) is 0 Å². The van der Waals surface area contributed by atoms with Gasteiger partial charge in [-0.15, -0.1) is 0 Å². The van der Waals surface area contributed by atoms with Crippen molar-refractivity contribution in [2.24, 2.45) is 10.8 Å². The van der Waals surface area contributed by atoms with Crippen molar-refractivity contribution < 1.29 is 20.4 Å². The van der Waals surface area contributed by atoms with Gasteiger partial charge in [0.2, 0.25) is 0 Å². The molecule has 0 aromatic carbocycles. The first-order valence-corrected chi connectivity index (χ1v) is 7.64. The summed E-state index contributed by atoms with van der Waals surface area (Å²) in [5.41, 5.74) is -4.94. The van der Waals surface area contributed by atoms with Crippen LogP contribution in [0.1, 0.15) is 66.2 Å². The average molecular weight is 284 g/mol. The normalized spacial score (nSPS) is 51.6. The molecule has 4 aliphatic rings. The molecule has 4 N–H and O–H groups in total. The zero-order valence-corrected chi connectivity index (χ0v) is 13.0. The lowest BCUT2D eigenvalue weighted by molar-refractivity contribution is -0.320. The van der Waals surface area contributed by atoms with Crippen LogP contribution < -0.4 is 0 Å². The summed E-state index contributed by atoms with van der Waals surface area (Å²) in [4.78, 5) is 0. The first-order chi connectivity index (χ1) is 8.74. The highest BCUT2D eigenvalue weighted by atomic mass is 16.3. The molecule has 4 saturated carbocycles. The van der Waals surface area contributed by atoms with Crippen LogP contribution in [0.5, 0.6) is 0 Å². The summed E-state index contributed by atoms with van der Waals surface area (Å²) in [5.74, 6) is 0. The molecule has 4 bridgehead atoms. The molecule has 0 saturated heterocycles. The van der Waals surface area contributed by atoms with E-state index in [0.717, 1.165) is 0 Å². The molecule has 0 spiro atoms. The maximum absolute atomic E-state index is 10.9. The second kappa shape index (κ2) is 3.43. The van der Waals surface area contributed by atoms with Crippen LogP contribution in [-0.4, -0.2) is 42.8 Å². The molecule has 0 aromatic rings. The molecule has 0 amide bonds. The fraction of sp³-hybridized carbons (Fsp3) is 1.00. The Morgan fingerprint density at radius 1 is 0.600 bits per heavy atom. The minimum Gasteiger partial charge on any atom is -0.390 e. The molecule has 116 valence electrons. The van der Waals surface area contributed by atoms with Crippen molar-refractivity contribution in [3.05, 3.63) is 0 Å². The van der Waals surface area contributed by atoms with E-state index in [1.54, 1.807) is 27.7 Å². The van der Waals surface area contributed by atoms with Gasteiger partial charge in [0.1, 0.15) is 0 Å². The van der Waals surface area contributed by atoms with Crippen molar-refractivity contribution in [1.29, 1.82) is 0 Å². The summed E-state index contributed by atoms with van der Waals surface area (Å²) in [5, 5.41) is 43.3. The highest BCUT2D eigenvalue weighted by Crippen LogP contribution is 2.72. The lowest BCUT2D eigenvalue weighted by Gasteiger charge is -2.72. The van der Waals surface area contributed by atoms with Crippen molar-refractivity contribution in [3.8, 4) is 0 Å². The Labute approximate surface area is 120 Å². The second-order valence-corrected chi connectivity index (χ2v) is 9.19. The van der Waals surface area contributed by atoms with Gasteiger partial charge in [0.05, 0.1) is 22.4 Å². The third-order valence-corrected chi connectivity index (χ3v) is 6.60. The van der Waals surface area contributed by atoms with Gasteiger partial charge >= 0.3 is 0 Å². The topological polar surface area (TPSA) is 80.9 Å². The van der Waals surface area contributed by atoms with E-state index >= 15 is 0 Å². The van der Waals surface area contributed by atoms with Crippen molar-refractivity contribution >= 4 is 0 Å². The van der Waals surface area contributed by atoms with E-state index in [9.17, 15) is 20.4 Å². The lowest BCUT2D eigenvalue weighted by atomic mass is 9.36. The Kier molecular flexibility index (Phi) is 2.53. The van der Waals surface area contributed by atoms with Crippen LogP contribution in [0.2, 0.25) is 0 Å². The van der Waals surface area contributed by atoms with E-state index in [1.165, 1.54) is 0 Å². The molecular formula is C16H28O4. The zero-order valence-electron chi connectivity index (χ0n) is 13.0. The predicted molar refractivity (Wildman–Crippen MR) is 75.1 cm³/mol. The molecule has 4 fully saturated rings. The molecule has 0 heterocycles. The van der Waals surface area contributed by atoms with Crippen molar-refractivity contribution in [2.45, 2.75) is 88.6 Å². The predicted octanol–water partition coefficient (Wildman–Crippen LogP) is 1.34. The van der Waals surface area contributed by atoms with Crippen LogP contribution in [0.15, 0.2) is 0 Å². The molecule has 4 nitrogen and oxygen atoms in total. The Morgan fingerprint density at radius 2 is 0.900 bits per heavy atom. The third-order valence-electron chi connectivity index (χ3n) is 6.60. The molecule has 20 heavy (non-hydrogen) atoms. The molecule has 0 unspecified atom stereocenters. The number of rotatable bonds is 2. The molecule has 4 heteroatoms. The molecule has 0 aliphatic heterocycles. The van der Waals surface area contributed by atoms with Gasteiger partial charge in [-0.2, -0.15) is 0 Å². The maximum atomic E-state index is 10.9. The lowest BCUT2D eigenvalue weighted by Crippen LogP contribution is -2.74. The molecule has 4 rings (SSSR count). The highest BCUT2D eigenvalue weighted by Gasteiger charge is 2.73. The van der Waals surface area contributed by atoms with Gasteiger partial charge in [-0.25, -0.2) is 0 Å². The quantitative estimate of drug-likeness (QED) is 0.617. The largest absolute Gasteiger partial charge is 0.390 e. The SMILES string of the molecule is CC(C)(O)C12CC3(O)CC(O)(C1)CC(C(C)(C)O)(C3)C2. The van der Waals surface area contributed by atoms with Crippen molar-refractivity contribution in [1.82, 2.24) is 0 Å². The van der Waals surface area contributed by atoms with E-state index in [-0.39, 0.29) is 0 Å². The van der Waals surface area contributed by atoms with Gasteiger partial charge in [0.15, 0.2) is 0 Å². The van der Waals surface area contributed by atoms with E-state index < -0.39 is 33.2 Å². The van der Waals surface area contributed by atoms with Gasteiger partial charge in [-0.1, -0.05) is 0 Å². The number of hydrogen-bond acceptors (Lipinski definition) is 4. The van der Waals surface area contributed by atoms with Crippen LogP contribution >= 0.6 is 0 Å². The number of hydrogen-bond donors (Lipinski definition) is 4. The van der Waals surface area contributed by atoms with Crippen LogP contribution in [0.25, 0.3) is 0 Å². The summed E-state index contributed by atoms with van der Waals surface area (Å²) in [6.07, 6.45) is 3.10. The molecular weight excluding hydrogens is 256 g/mol. The maximum Gasteiger partial charge on any atom is 0.0687 e. The fourth-order valence-electron chi connectivity index (χ4n) is 5.83.